The second-order valence-electron chi connectivity index (χ2n) is 10.7. The van der Waals surface area contributed by atoms with E-state index in [-0.39, 0.29) is 11.9 Å². The van der Waals surface area contributed by atoms with Crippen LogP contribution >= 0.6 is 0 Å². The van der Waals surface area contributed by atoms with Crippen LogP contribution in [0.1, 0.15) is 30.9 Å². The lowest BCUT2D eigenvalue weighted by Gasteiger charge is -2.42. The number of benzene rings is 1. The number of aromatic nitrogens is 3. The van der Waals surface area contributed by atoms with Crippen molar-refractivity contribution in [3.8, 4) is 5.75 Å². The van der Waals surface area contributed by atoms with Crippen molar-refractivity contribution in [2.45, 2.75) is 31.3 Å². The van der Waals surface area contributed by atoms with Gasteiger partial charge in [-0.25, -0.2) is 19.4 Å². The Morgan fingerprint density at radius 1 is 0.975 bits per heavy atom. The molecule has 1 aromatic carbocycles. The molecule has 3 aliphatic heterocycles. The van der Waals surface area contributed by atoms with E-state index in [1.54, 1.807) is 18.4 Å². The van der Waals surface area contributed by atoms with E-state index in [9.17, 15) is 4.39 Å². The summed E-state index contributed by atoms with van der Waals surface area (Å²) in [6.45, 7) is 7.26. The molecule has 3 aromatic rings. The first-order valence-electron chi connectivity index (χ1n) is 14.0. The van der Waals surface area contributed by atoms with Crippen molar-refractivity contribution in [1.82, 2.24) is 24.8 Å². The van der Waals surface area contributed by atoms with Gasteiger partial charge in [-0.05, 0) is 43.7 Å². The van der Waals surface area contributed by atoms with E-state index in [4.69, 9.17) is 9.57 Å². The van der Waals surface area contributed by atoms with Crippen molar-refractivity contribution in [2.75, 3.05) is 75.3 Å². The molecule has 2 aromatic heterocycles. The zero-order valence-corrected chi connectivity index (χ0v) is 23.2. The van der Waals surface area contributed by atoms with E-state index >= 15 is 0 Å². The Labute approximate surface area is 234 Å². The van der Waals surface area contributed by atoms with Crippen molar-refractivity contribution in [2.24, 2.45) is 0 Å². The van der Waals surface area contributed by atoms with Gasteiger partial charge in [0.1, 0.15) is 23.7 Å². The molecule has 0 spiro atoms. The van der Waals surface area contributed by atoms with Gasteiger partial charge in [0.15, 0.2) is 5.82 Å². The lowest BCUT2D eigenvalue weighted by atomic mass is 10.0. The first-order chi connectivity index (χ1) is 19.6. The van der Waals surface area contributed by atoms with Crippen LogP contribution in [0.25, 0.3) is 0 Å². The highest BCUT2D eigenvalue weighted by molar-refractivity contribution is 5.70. The maximum atomic E-state index is 13.8. The van der Waals surface area contributed by atoms with E-state index in [1.165, 1.54) is 50.2 Å². The molecule has 0 amide bonds. The lowest BCUT2D eigenvalue weighted by molar-refractivity contribution is 0.0982. The van der Waals surface area contributed by atoms with E-state index < -0.39 is 0 Å². The smallest absolute Gasteiger partial charge is 0.158 e. The highest BCUT2D eigenvalue weighted by Gasteiger charge is 2.30. The van der Waals surface area contributed by atoms with Gasteiger partial charge in [0.2, 0.25) is 0 Å². The molecule has 0 saturated carbocycles. The number of nitrogens with one attached hydrogen (secondary N) is 1. The summed E-state index contributed by atoms with van der Waals surface area (Å²) in [4.78, 5) is 26.2. The second-order valence-corrected chi connectivity index (χ2v) is 10.7. The fourth-order valence-electron chi connectivity index (χ4n) is 5.94. The minimum atomic E-state index is -0.371. The number of likely N-dealkylation sites (N-methyl/N-ethyl adjacent to an activating group) is 1. The van der Waals surface area contributed by atoms with Gasteiger partial charge in [0.05, 0.1) is 31.6 Å². The third-order valence-corrected chi connectivity index (χ3v) is 8.23. The molecule has 3 saturated heterocycles. The van der Waals surface area contributed by atoms with E-state index in [0.29, 0.717) is 30.7 Å². The number of pyridine rings is 1. The summed E-state index contributed by atoms with van der Waals surface area (Å²) in [7, 11) is 3.89. The van der Waals surface area contributed by atoms with Crippen LogP contribution in [0.5, 0.6) is 5.75 Å². The van der Waals surface area contributed by atoms with Crippen molar-refractivity contribution >= 4 is 23.0 Å². The first-order valence-corrected chi connectivity index (χ1v) is 14.0. The second kappa shape index (κ2) is 11.9. The van der Waals surface area contributed by atoms with Gasteiger partial charge in [-0.2, -0.15) is 0 Å². The van der Waals surface area contributed by atoms with Crippen LogP contribution in [-0.4, -0.2) is 90.8 Å². The van der Waals surface area contributed by atoms with Crippen LogP contribution < -0.4 is 20.0 Å². The van der Waals surface area contributed by atoms with Crippen molar-refractivity contribution in [3.05, 3.63) is 60.4 Å². The Balaban J connectivity index is 1.12. The summed E-state index contributed by atoms with van der Waals surface area (Å²) in [6, 6.07) is 10.1. The fourth-order valence-corrected chi connectivity index (χ4v) is 5.94. The Morgan fingerprint density at radius 3 is 2.58 bits per heavy atom. The highest BCUT2D eigenvalue weighted by atomic mass is 19.1. The van der Waals surface area contributed by atoms with Gasteiger partial charge in [-0.1, -0.05) is 0 Å². The highest BCUT2D eigenvalue weighted by Crippen LogP contribution is 2.36. The Bertz CT molecular complexity index is 1300. The quantitative estimate of drug-likeness (QED) is 0.470. The zero-order valence-electron chi connectivity index (χ0n) is 23.2. The molecule has 1 N–H and O–H groups in total. The first kappa shape index (κ1) is 26.7. The molecule has 0 radical (unpaired) electrons. The van der Waals surface area contributed by atoms with Crippen LogP contribution in [0.2, 0.25) is 0 Å². The summed E-state index contributed by atoms with van der Waals surface area (Å²) in [6.07, 6.45) is 7.43. The summed E-state index contributed by atoms with van der Waals surface area (Å²) in [5, 5.41) is 5.08. The number of rotatable bonds is 7. The molecule has 10 nitrogen and oxygen atoms in total. The van der Waals surface area contributed by atoms with Crippen LogP contribution in [0, 0.1) is 5.82 Å². The van der Waals surface area contributed by atoms with Crippen LogP contribution in [-0.2, 0) is 4.84 Å². The standard InChI is InChI=1S/C29H37FN8O2/c1-35-10-12-37(13-11-35)23-5-8-36(9-6-23)24-3-4-25(27(16-24)39-2)34-28-17-29(33-20-32-28)38-26(7-14-40-38)21-15-22(30)19-31-18-21/h3-4,15-20,23,26H,5-14H2,1-2H3,(H,32,33,34)/t26-/m0/s1. The van der Waals surface area contributed by atoms with E-state index in [0.717, 1.165) is 43.2 Å². The number of hydrogen-bond donors (Lipinski definition) is 1. The number of piperazine rings is 1. The zero-order chi connectivity index (χ0) is 27.5. The molecule has 5 heterocycles. The van der Waals surface area contributed by atoms with Crippen LogP contribution in [0.4, 0.5) is 27.4 Å². The van der Waals surface area contributed by atoms with Gasteiger partial charge < -0.3 is 19.9 Å². The molecule has 6 rings (SSSR count). The summed E-state index contributed by atoms with van der Waals surface area (Å²) >= 11 is 0. The molecule has 0 bridgehead atoms. The number of piperidine rings is 1. The monoisotopic (exact) mass is 548 g/mol. The number of nitrogens with zero attached hydrogens (tertiary/aromatic N) is 7. The topological polar surface area (TPSA) is 82.1 Å². The van der Waals surface area contributed by atoms with Gasteiger partial charge in [0.25, 0.3) is 0 Å². The molecular weight excluding hydrogens is 511 g/mol. The number of hydroxylamine groups is 1. The average Bonchev–Trinajstić information content (AvgIpc) is 3.48. The molecule has 11 heteroatoms. The molecule has 0 aliphatic carbocycles. The van der Waals surface area contributed by atoms with Gasteiger partial charge in [-0.3, -0.25) is 14.7 Å². The van der Waals surface area contributed by atoms with E-state index in [2.05, 4.69) is 54.1 Å². The SMILES string of the molecule is COc1cc(N2CCC(N3CCN(C)CC3)CC2)ccc1Nc1cc(N2OCC[C@H]2c2cncc(F)c2)ncn1. The fraction of sp³-hybridized carbons (Fsp3) is 0.483. The predicted molar refractivity (Wildman–Crippen MR) is 153 cm³/mol. The third-order valence-electron chi connectivity index (χ3n) is 8.23. The Kier molecular flexibility index (Phi) is 7.94. The summed E-state index contributed by atoms with van der Waals surface area (Å²) < 4.78 is 19.6. The summed E-state index contributed by atoms with van der Waals surface area (Å²) in [5.74, 6) is 1.57. The van der Waals surface area contributed by atoms with Crippen LogP contribution in [0.15, 0.2) is 49.1 Å². The van der Waals surface area contributed by atoms with Crippen molar-refractivity contribution in [3.63, 3.8) is 0 Å². The average molecular weight is 549 g/mol. The van der Waals surface area contributed by atoms with Crippen molar-refractivity contribution in [1.29, 1.82) is 0 Å². The minimum absolute atomic E-state index is 0.180. The maximum absolute atomic E-state index is 13.8. The number of methoxy groups -OCH3 is 1. The Hall–Kier alpha value is -3.54. The van der Waals surface area contributed by atoms with Gasteiger partial charge >= 0.3 is 0 Å². The van der Waals surface area contributed by atoms with Gasteiger partial charge in [0, 0.05) is 75.7 Å². The van der Waals surface area contributed by atoms with Crippen LogP contribution in [0.3, 0.4) is 0 Å². The van der Waals surface area contributed by atoms with Crippen molar-refractivity contribution < 1.29 is 14.0 Å². The molecule has 0 unspecified atom stereocenters. The number of ether oxygens (including phenoxy) is 1. The normalized spacial score (nSPS) is 21.1. The van der Waals surface area contributed by atoms with E-state index in [1.807, 2.05) is 12.1 Å². The minimum Gasteiger partial charge on any atom is -0.494 e. The molecule has 3 aliphatic rings. The molecule has 3 fully saturated rings. The molecule has 1 atom stereocenters. The predicted octanol–water partition coefficient (Wildman–Crippen LogP) is 3.86. The maximum Gasteiger partial charge on any atom is 0.158 e. The molecule has 212 valence electrons. The Morgan fingerprint density at radius 2 is 1.80 bits per heavy atom. The third kappa shape index (κ3) is 5.81. The molecule has 40 heavy (non-hydrogen) atoms. The number of halogens is 1. The lowest BCUT2D eigenvalue weighted by Crippen LogP contribution is -2.52. The van der Waals surface area contributed by atoms with Gasteiger partial charge in [-0.15, -0.1) is 0 Å². The molecular formula is C29H37FN8O2. The number of hydrogen-bond acceptors (Lipinski definition) is 10. The summed E-state index contributed by atoms with van der Waals surface area (Å²) in [5.41, 5.74) is 2.73. The largest absolute Gasteiger partial charge is 0.494 e. The number of anilines is 4.